The molecular formula is C45H52ClN8O5SU-. The van der Waals surface area contributed by atoms with Crippen LogP contribution in [0, 0.1) is 42.6 Å². The molecule has 3 fully saturated rings. The van der Waals surface area contributed by atoms with Crippen LogP contribution in [0.2, 0.25) is 5.02 Å². The number of halogens is 1. The SMILES string of the molecule is CC(C)c1[c-]cc(O)c(C(=O)N2Cc3ccc(CN4CCN(C(=O)CCC(=O)Nc5cccc(Sc6ncc(N7CCC8(CCOC8)CC7)nc6N)c5Cl)CC4)cc3C2)c1.[U]. The van der Waals surface area contributed by atoms with Crippen LogP contribution in [-0.4, -0.2) is 100.0 Å². The number of benzene rings is 3. The van der Waals surface area contributed by atoms with E-state index in [4.69, 9.17) is 22.1 Å². The van der Waals surface area contributed by atoms with Crippen LogP contribution in [0.1, 0.15) is 84.5 Å². The van der Waals surface area contributed by atoms with E-state index in [-0.39, 0.29) is 73.3 Å². The first-order valence-corrected chi connectivity index (χ1v) is 22.0. The third-order valence-electron chi connectivity index (χ3n) is 12.3. The van der Waals surface area contributed by atoms with Gasteiger partial charge in [0.1, 0.15) is 10.8 Å². The molecule has 0 unspecified atom stereocenters. The van der Waals surface area contributed by atoms with Gasteiger partial charge in [0.2, 0.25) is 17.7 Å². The first-order chi connectivity index (χ1) is 28.9. The van der Waals surface area contributed by atoms with Crippen molar-refractivity contribution in [3.63, 3.8) is 0 Å². The number of nitrogens with two attached hydrogens (primary N) is 1. The van der Waals surface area contributed by atoms with E-state index < -0.39 is 0 Å². The summed E-state index contributed by atoms with van der Waals surface area (Å²) in [6.07, 6.45) is 5.15. The molecule has 8 rings (SSSR count). The van der Waals surface area contributed by atoms with Crippen molar-refractivity contribution in [2.75, 3.05) is 68.4 Å². The maximum absolute atomic E-state index is 13.4. The van der Waals surface area contributed by atoms with E-state index in [1.54, 1.807) is 29.3 Å². The summed E-state index contributed by atoms with van der Waals surface area (Å²) in [7, 11) is 0. The number of amides is 3. The third-order valence-corrected chi connectivity index (χ3v) is 13.9. The summed E-state index contributed by atoms with van der Waals surface area (Å²) in [4.78, 5) is 57.7. The molecule has 5 heterocycles. The predicted octanol–water partition coefficient (Wildman–Crippen LogP) is 6.72. The number of hydrogen-bond donors (Lipinski definition) is 3. The van der Waals surface area contributed by atoms with Crippen molar-refractivity contribution in [2.45, 2.75) is 81.4 Å². The second-order valence-electron chi connectivity index (χ2n) is 16.7. The van der Waals surface area contributed by atoms with E-state index in [1.165, 1.54) is 17.8 Å². The Bertz CT molecular complexity index is 2260. The first-order valence-electron chi connectivity index (χ1n) is 20.8. The first kappa shape index (κ1) is 45.2. The maximum Gasteiger partial charge on any atom is 0.233 e. The van der Waals surface area contributed by atoms with Crippen LogP contribution >= 0.6 is 23.4 Å². The van der Waals surface area contributed by atoms with Crippen molar-refractivity contribution in [3.05, 3.63) is 93.6 Å². The number of carbonyl (C=O) groups excluding carboxylic acids is 3. The number of nitrogens with one attached hydrogen (secondary N) is 1. The minimum absolute atomic E-state index is 0. The number of piperazine rings is 1. The van der Waals surface area contributed by atoms with Gasteiger partial charge in [-0.05, 0) is 65.0 Å². The Morgan fingerprint density at radius 3 is 2.49 bits per heavy atom. The average molecular weight is 1090 g/mol. The molecule has 3 aromatic carbocycles. The van der Waals surface area contributed by atoms with Crippen molar-refractivity contribution in [1.82, 2.24) is 24.7 Å². The minimum atomic E-state index is -0.293. The molecule has 16 heteroatoms. The molecule has 3 saturated heterocycles. The van der Waals surface area contributed by atoms with Crippen molar-refractivity contribution < 1.29 is 55.3 Å². The number of anilines is 3. The Morgan fingerprint density at radius 2 is 1.77 bits per heavy atom. The number of aromatic hydroxyl groups is 1. The molecule has 0 radical (unpaired) electrons. The van der Waals surface area contributed by atoms with Crippen LogP contribution in [0.15, 0.2) is 64.6 Å². The molecule has 320 valence electrons. The van der Waals surface area contributed by atoms with E-state index in [9.17, 15) is 19.5 Å². The average Bonchev–Trinajstić information content (AvgIpc) is 3.89. The quantitative estimate of drug-likeness (QED) is 0.137. The Kier molecular flexibility index (Phi) is 14.6. The summed E-state index contributed by atoms with van der Waals surface area (Å²) in [5, 5.41) is 14.2. The largest absolute Gasteiger partial charge is 0.565 e. The second kappa shape index (κ2) is 19.7. The normalized spacial score (nSPS) is 17.4. The Hall–Kier alpha value is -3.84. The fraction of sp³-hybridized carbons (Fsp3) is 0.444. The molecule has 61 heavy (non-hydrogen) atoms. The van der Waals surface area contributed by atoms with E-state index >= 15 is 0 Å². The van der Waals surface area contributed by atoms with Gasteiger partial charge in [-0.2, -0.15) is 17.7 Å². The number of nitrogens with zero attached hydrogens (tertiary/aromatic N) is 6. The molecule has 3 amide bonds. The zero-order valence-corrected chi connectivity index (χ0v) is 40.5. The zero-order chi connectivity index (χ0) is 42.0. The molecule has 1 spiro atoms. The number of hydrogen-bond acceptors (Lipinski definition) is 11. The van der Waals surface area contributed by atoms with Gasteiger partial charge in [0.05, 0.1) is 23.5 Å². The summed E-state index contributed by atoms with van der Waals surface area (Å²) in [5.74, 6) is 0.692. The molecule has 1 aromatic heterocycles. The van der Waals surface area contributed by atoms with Gasteiger partial charge < -0.3 is 35.6 Å². The van der Waals surface area contributed by atoms with Gasteiger partial charge in [-0.3, -0.25) is 19.3 Å². The van der Waals surface area contributed by atoms with Crippen LogP contribution in [0.4, 0.5) is 17.3 Å². The number of carbonyl (C=O) groups is 3. The number of aromatic nitrogens is 2. The van der Waals surface area contributed by atoms with Crippen molar-refractivity contribution >= 4 is 58.4 Å². The number of piperidine rings is 1. The zero-order valence-electron chi connectivity index (χ0n) is 34.7. The molecule has 0 saturated carbocycles. The number of fused-ring (bicyclic) bond motifs is 1. The number of phenols is 1. The maximum atomic E-state index is 13.4. The van der Waals surface area contributed by atoms with E-state index in [0.717, 1.165) is 80.2 Å². The van der Waals surface area contributed by atoms with E-state index in [1.807, 2.05) is 24.8 Å². The van der Waals surface area contributed by atoms with Crippen LogP contribution in [0.5, 0.6) is 5.75 Å². The summed E-state index contributed by atoms with van der Waals surface area (Å²) >= 11 is 8.06. The molecular weight excluding hydrogens is 1040 g/mol. The van der Waals surface area contributed by atoms with Gasteiger partial charge in [0.15, 0.2) is 5.82 Å². The van der Waals surface area contributed by atoms with Gasteiger partial charge in [-0.1, -0.05) is 61.5 Å². The topological polar surface area (TPSA) is 157 Å². The van der Waals surface area contributed by atoms with Gasteiger partial charge in [0, 0.05) is 120 Å². The second-order valence-corrected chi connectivity index (χ2v) is 18.1. The van der Waals surface area contributed by atoms with Crippen LogP contribution < -0.4 is 16.0 Å². The summed E-state index contributed by atoms with van der Waals surface area (Å²) in [6.45, 7) is 11.9. The summed E-state index contributed by atoms with van der Waals surface area (Å²) in [6, 6.07) is 18.0. The number of nitrogen functional groups attached to an aromatic ring is 1. The Balaban J connectivity index is 0.00000561. The monoisotopic (exact) mass is 1090 g/mol. The number of phenolic OH excluding ortho intramolecular Hbond substituents is 1. The number of rotatable bonds is 11. The number of ether oxygens (including phenoxy) is 1. The van der Waals surface area contributed by atoms with Crippen molar-refractivity contribution in [2.24, 2.45) is 5.41 Å². The van der Waals surface area contributed by atoms with Gasteiger partial charge in [-0.25, -0.2) is 9.97 Å². The van der Waals surface area contributed by atoms with E-state index in [0.29, 0.717) is 76.7 Å². The van der Waals surface area contributed by atoms with Crippen LogP contribution in [0.25, 0.3) is 0 Å². The predicted molar refractivity (Wildman–Crippen MR) is 232 cm³/mol. The van der Waals surface area contributed by atoms with Crippen molar-refractivity contribution in [1.29, 1.82) is 0 Å². The fourth-order valence-electron chi connectivity index (χ4n) is 8.53. The molecule has 4 aromatic rings. The molecule has 13 nitrogen and oxygen atoms in total. The fourth-order valence-corrected chi connectivity index (χ4v) is 9.63. The Labute approximate surface area is 390 Å². The molecule has 4 aliphatic rings. The molecule has 4 aliphatic heterocycles. The molecule has 0 aliphatic carbocycles. The minimum Gasteiger partial charge on any atom is -0.565 e. The van der Waals surface area contributed by atoms with Gasteiger partial charge in [0.25, 0.3) is 0 Å². The summed E-state index contributed by atoms with van der Waals surface area (Å²) in [5.41, 5.74) is 11.7. The molecule has 0 atom stereocenters. The van der Waals surface area contributed by atoms with Gasteiger partial charge in [-0.15, -0.1) is 6.07 Å². The standard InChI is InChI=1S/C45H52ClN8O5S.U/c1-29(2)31-8-9-36(55)34(23-31)44(58)54-26-32-7-6-30(22-33(32)27-54)25-51-17-19-53(20-18-51)40(57)11-10-39(56)49-35-4-3-5-37(41(35)46)60-43-42(47)50-38(24-48-43)52-15-12-45(13-16-52)14-21-59-28-45;/h3-7,9,22-24,29,55H,10-21,25-28H2,1-2H3,(H2,47,50)(H,49,56);/q-1;. The summed E-state index contributed by atoms with van der Waals surface area (Å²) < 4.78 is 5.67. The smallest absolute Gasteiger partial charge is 0.233 e. The van der Waals surface area contributed by atoms with Crippen molar-refractivity contribution in [3.8, 4) is 5.75 Å². The molecule has 0 bridgehead atoms. The third kappa shape index (κ3) is 10.5. The van der Waals surface area contributed by atoms with E-state index in [2.05, 4.69) is 49.4 Å². The van der Waals surface area contributed by atoms with Crippen LogP contribution in [-0.2, 0) is 34.0 Å². The van der Waals surface area contributed by atoms with Gasteiger partial charge >= 0.3 is 0 Å². The Morgan fingerprint density at radius 1 is 1.00 bits per heavy atom. The van der Waals surface area contributed by atoms with Crippen LogP contribution in [0.3, 0.4) is 0 Å². The molecule has 4 N–H and O–H groups in total.